The van der Waals surface area contributed by atoms with E-state index in [0.717, 1.165) is 42.0 Å². The Kier molecular flexibility index (Phi) is 5.94. The van der Waals surface area contributed by atoms with Gasteiger partial charge in [-0.3, -0.25) is 0 Å². The van der Waals surface area contributed by atoms with E-state index in [-0.39, 0.29) is 0 Å². The number of halogens is 1. The molecule has 0 fully saturated rings. The summed E-state index contributed by atoms with van der Waals surface area (Å²) in [6.07, 6.45) is 1.13. The fourth-order valence-corrected chi connectivity index (χ4v) is 3.30. The van der Waals surface area contributed by atoms with Gasteiger partial charge in [-0.05, 0) is 47.1 Å². The molecule has 0 unspecified atom stereocenters. The van der Waals surface area contributed by atoms with Crippen LogP contribution in [0.5, 0.6) is 0 Å². The quantitative estimate of drug-likeness (QED) is 0.773. The highest BCUT2D eigenvalue weighted by molar-refractivity contribution is 9.10. The molecule has 0 saturated carbocycles. The van der Waals surface area contributed by atoms with Crippen LogP contribution in [0.15, 0.2) is 28.1 Å². The highest BCUT2D eigenvalue weighted by atomic mass is 79.9. The second kappa shape index (κ2) is 7.71. The van der Waals surface area contributed by atoms with E-state index in [9.17, 15) is 0 Å². The lowest BCUT2D eigenvalue weighted by molar-refractivity contribution is 0.656. The van der Waals surface area contributed by atoms with Crippen LogP contribution in [0, 0.1) is 0 Å². The van der Waals surface area contributed by atoms with Crippen molar-refractivity contribution in [1.29, 1.82) is 0 Å². The summed E-state index contributed by atoms with van der Waals surface area (Å²) in [6, 6.07) is 6.20. The van der Waals surface area contributed by atoms with E-state index in [1.165, 1.54) is 4.88 Å². The Labute approximate surface area is 132 Å². The Morgan fingerprint density at radius 1 is 1.35 bits per heavy atom. The Balaban J connectivity index is 1.91. The van der Waals surface area contributed by atoms with Crippen LogP contribution in [-0.2, 0) is 13.1 Å². The second-order valence-corrected chi connectivity index (χ2v) is 6.56. The molecule has 2 heterocycles. The van der Waals surface area contributed by atoms with Gasteiger partial charge >= 0.3 is 0 Å². The van der Waals surface area contributed by atoms with Gasteiger partial charge in [0.2, 0.25) is 0 Å². The predicted molar refractivity (Wildman–Crippen MR) is 88.2 cm³/mol. The summed E-state index contributed by atoms with van der Waals surface area (Å²) < 4.78 is 1.13. The van der Waals surface area contributed by atoms with Crippen LogP contribution in [0.1, 0.15) is 23.9 Å². The van der Waals surface area contributed by atoms with Gasteiger partial charge in [0.15, 0.2) is 5.82 Å². The number of anilines is 1. The molecule has 20 heavy (non-hydrogen) atoms. The molecule has 0 atom stereocenters. The normalized spacial score (nSPS) is 10.8. The van der Waals surface area contributed by atoms with Crippen molar-refractivity contribution in [1.82, 2.24) is 15.5 Å². The number of hydrogen-bond acceptors (Lipinski definition) is 5. The van der Waals surface area contributed by atoms with E-state index in [1.54, 1.807) is 11.3 Å². The lowest BCUT2D eigenvalue weighted by Gasteiger charge is -2.16. The molecule has 0 aromatic carbocycles. The zero-order valence-corrected chi connectivity index (χ0v) is 14.2. The van der Waals surface area contributed by atoms with Gasteiger partial charge in [0.1, 0.15) is 0 Å². The molecule has 4 nitrogen and oxygen atoms in total. The summed E-state index contributed by atoms with van der Waals surface area (Å²) >= 11 is 5.22. The molecule has 2 rings (SSSR count). The first-order valence-corrected chi connectivity index (χ1v) is 8.33. The Morgan fingerprint density at radius 2 is 2.20 bits per heavy atom. The number of rotatable bonds is 7. The van der Waals surface area contributed by atoms with Crippen LogP contribution in [0.4, 0.5) is 5.82 Å². The number of aromatic nitrogens is 2. The van der Waals surface area contributed by atoms with Gasteiger partial charge in [0, 0.05) is 28.3 Å². The third-order valence-corrected chi connectivity index (χ3v) is 4.53. The summed E-state index contributed by atoms with van der Waals surface area (Å²) in [6.45, 7) is 4.79. The van der Waals surface area contributed by atoms with Crippen LogP contribution in [-0.4, -0.2) is 23.8 Å². The molecule has 0 saturated heterocycles. The molecule has 0 radical (unpaired) electrons. The zero-order chi connectivity index (χ0) is 14.4. The average Bonchev–Trinajstić information content (AvgIpc) is 2.85. The van der Waals surface area contributed by atoms with Gasteiger partial charge in [-0.2, -0.15) is 5.10 Å². The van der Waals surface area contributed by atoms with Gasteiger partial charge in [-0.15, -0.1) is 16.4 Å². The Bertz CT molecular complexity index is 526. The van der Waals surface area contributed by atoms with Gasteiger partial charge in [0.05, 0.1) is 12.2 Å². The van der Waals surface area contributed by atoms with Crippen molar-refractivity contribution >= 4 is 33.1 Å². The lowest BCUT2D eigenvalue weighted by Crippen LogP contribution is -2.19. The molecular weight excluding hydrogens is 336 g/mol. The van der Waals surface area contributed by atoms with E-state index >= 15 is 0 Å². The van der Waals surface area contributed by atoms with Gasteiger partial charge < -0.3 is 10.2 Å². The Morgan fingerprint density at radius 3 is 2.80 bits per heavy atom. The van der Waals surface area contributed by atoms with Crippen LogP contribution in [0.2, 0.25) is 0 Å². The maximum Gasteiger partial charge on any atom is 0.151 e. The fraction of sp³-hybridized carbons (Fsp3) is 0.429. The smallest absolute Gasteiger partial charge is 0.151 e. The molecule has 0 spiro atoms. The largest absolute Gasteiger partial charge is 0.353 e. The van der Waals surface area contributed by atoms with Crippen molar-refractivity contribution in [3.63, 3.8) is 0 Å². The van der Waals surface area contributed by atoms with Crippen molar-refractivity contribution in [2.24, 2.45) is 0 Å². The number of thiophene rings is 1. The molecule has 0 aliphatic rings. The molecule has 2 aromatic heterocycles. The zero-order valence-electron chi connectivity index (χ0n) is 11.8. The third kappa shape index (κ3) is 4.54. The molecule has 6 heteroatoms. The monoisotopic (exact) mass is 354 g/mol. The van der Waals surface area contributed by atoms with Crippen LogP contribution >= 0.6 is 27.3 Å². The van der Waals surface area contributed by atoms with Crippen molar-refractivity contribution in [2.45, 2.75) is 26.4 Å². The minimum atomic E-state index is 0.780. The second-order valence-electron chi connectivity index (χ2n) is 4.65. The molecule has 0 aliphatic heterocycles. The first-order chi connectivity index (χ1) is 9.69. The number of nitrogens with zero attached hydrogens (tertiary/aromatic N) is 3. The van der Waals surface area contributed by atoms with Gasteiger partial charge in [0.25, 0.3) is 0 Å². The molecule has 0 amide bonds. The van der Waals surface area contributed by atoms with Crippen molar-refractivity contribution in [3.05, 3.63) is 38.6 Å². The number of nitrogens with one attached hydrogen (secondary N) is 1. The molecule has 0 bridgehead atoms. The fourth-order valence-electron chi connectivity index (χ4n) is 1.80. The summed E-state index contributed by atoms with van der Waals surface area (Å²) in [5.74, 6) is 0.897. The first kappa shape index (κ1) is 15.4. The summed E-state index contributed by atoms with van der Waals surface area (Å²) in [5.41, 5.74) is 0.981. The summed E-state index contributed by atoms with van der Waals surface area (Å²) in [7, 11) is 2.03. The average molecular weight is 355 g/mol. The topological polar surface area (TPSA) is 41.0 Å². The Hall–Kier alpha value is -0.980. The van der Waals surface area contributed by atoms with Crippen LogP contribution < -0.4 is 10.2 Å². The lowest BCUT2D eigenvalue weighted by atomic mass is 10.3. The highest BCUT2D eigenvalue weighted by Gasteiger charge is 2.06. The van der Waals surface area contributed by atoms with Crippen molar-refractivity contribution < 1.29 is 0 Å². The minimum absolute atomic E-state index is 0.780. The number of hydrogen-bond donors (Lipinski definition) is 1. The summed E-state index contributed by atoms with van der Waals surface area (Å²) in [4.78, 5) is 3.41. The van der Waals surface area contributed by atoms with Crippen LogP contribution in [0.25, 0.3) is 0 Å². The van der Waals surface area contributed by atoms with E-state index < -0.39 is 0 Å². The van der Waals surface area contributed by atoms with E-state index in [2.05, 4.69) is 54.7 Å². The third-order valence-electron chi connectivity index (χ3n) is 2.84. The van der Waals surface area contributed by atoms with Crippen molar-refractivity contribution in [2.75, 3.05) is 18.5 Å². The van der Waals surface area contributed by atoms with E-state index in [4.69, 9.17) is 0 Å². The highest BCUT2D eigenvalue weighted by Crippen LogP contribution is 2.22. The first-order valence-electron chi connectivity index (χ1n) is 6.66. The van der Waals surface area contributed by atoms with E-state index in [1.807, 2.05) is 19.2 Å². The van der Waals surface area contributed by atoms with Crippen LogP contribution in [0.3, 0.4) is 0 Å². The predicted octanol–water partition coefficient (Wildman–Crippen LogP) is 3.44. The molecule has 1 N–H and O–H groups in total. The maximum atomic E-state index is 4.29. The summed E-state index contributed by atoms with van der Waals surface area (Å²) in [5, 5.41) is 14.0. The van der Waals surface area contributed by atoms with Gasteiger partial charge in [-0.1, -0.05) is 6.92 Å². The maximum absolute atomic E-state index is 4.29. The van der Waals surface area contributed by atoms with E-state index in [0.29, 0.717) is 0 Å². The molecular formula is C14H19BrN4S. The standard InChI is InChI=1S/C14H19BrN4S/c1-3-6-16-8-12-4-5-14(18-17-12)19(2)9-13-7-11(15)10-20-13/h4-5,7,10,16H,3,6,8-9H2,1-2H3. The molecule has 0 aliphatic carbocycles. The SMILES string of the molecule is CCCNCc1ccc(N(C)Cc2cc(Br)cs2)nn1. The minimum Gasteiger partial charge on any atom is -0.353 e. The molecule has 108 valence electrons. The van der Waals surface area contributed by atoms with Gasteiger partial charge in [-0.25, -0.2) is 0 Å². The molecule has 2 aromatic rings. The van der Waals surface area contributed by atoms with Crippen molar-refractivity contribution in [3.8, 4) is 0 Å².